The van der Waals surface area contributed by atoms with E-state index in [0.717, 1.165) is 0 Å². The van der Waals surface area contributed by atoms with Crippen molar-refractivity contribution in [2.75, 3.05) is 6.54 Å². The second-order valence-corrected chi connectivity index (χ2v) is 3.00. The van der Waals surface area contributed by atoms with Crippen molar-refractivity contribution in [3.05, 3.63) is 0 Å². The summed E-state index contributed by atoms with van der Waals surface area (Å²) >= 11 is 0. The van der Waals surface area contributed by atoms with Crippen LogP contribution in [0.5, 0.6) is 0 Å². The first-order chi connectivity index (χ1) is 5.59. The van der Waals surface area contributed by atoms with Crippen molar-refractivity contribution in [2.45, 2.75) is 18.9 Å². The molecule has 1 rings (SSSR count). The molecule has 68 valence electrons. The van der Waals surface area contributed by atoms with Crippen molar-refractivity contribution in [1.29, 1.82) is 0 Å². The summed E-state index contributed by atoms with van der Waals surface area (Å²) in [6.45, 7) is 0.489. The van der Waals surface area contributed by atoms with Gasteiger partial charge in [-0.2, -0.15) is 0 Å². The highest BCUT2D eigenvalue weighted by Crippen LogP contribution is 2.17. The van der Waals surface area contributed by atoms with Gasteiger partial charge in [0.15, 0.2) is 0 Å². The van der Waals surface area contributed by atoms with Crippen molar-refractivity contribution in [2.24, 2.45) is 5.92 Å². The molecule has 0 radical (unpaired) electrons. The minimum Gasteiger partial charge on any atom is -0.481 e. The van der Waals surface area contributed by atoms with Gasteiger partial charge in [0.2, 0.25) is 0 Å². The summed E-state index contributed by atoms with van der Waals surface area (Å²) in [6, 6.07) is -0.561. The van der Waals surface area contributed by atoms with E-state index in [1.54, 1.807) is 0 Å². The Kier molecular flexibility index (Phi) is 2.65. The minimum absolute atomic E-state index is 0.0383. The Morgan fingerprint density at radius 1 is 1.42 bits per heavy atom. The number of hydrogen-bond donors (Lipinski definition) is 3. The van der Waals surface area contributed by atoms with E-state index in [1.807, 2.05) is 0 Å². The molecule has 1 saturated heterocycles. The predicted octanol–water partition coefficient (Wildman–Crippen LogP) is -0.476. The van der Waals surface area contributed by atoms with Crippen molar-refractivity contribution < 1.29 is 19.8 Å². The number of carboxylic acid groups (broad SMARTS) is 2. The van der Waals surface area contributed by atoms with E-state index in [9.17, 15) is 9.59 Å². The second kappa shape index (κ2) is 3.53. The summed E-state index contributed by atoms with van der Waals surface area (Å²) in [7, 11) is 0. The number of hydrogen-bond acceptors (Lipinski definition) is 3. The van der Waals surface area contributed by atoms with Crippen LogP contribution in [0.1, 0.15) is 12.8 Å². The van der Waals surface area contributed by atoms with Gasteiger partial charge in [-0.3, -0.25) is 9.59 Å². The summed E-state index contributed by atoms with van der Waals surface area (Å²) in [5.41, 5.74) is 0. The topological polar surface area (TPSA) is 86.6 Å². The van der Waals surface area contributed by atoms with Crippen molar-refractivity contribution in [3.8, 4) is 0 Å². The number of aliphatic carboxylic acids is 2. The van der Waals surface area contributed by atoms with Crippen LogP contribution in [0.15, 0.2) is 0 Å². The molecule has 3 N–H and O–H groups in total. The standard InChI is InChI=1S/C7H11NO4/c9-6(10)2-4-1-5(7(11)12)8-3-4/h4-5,8H,1-3H2,(H,9,10)(H,11,12)/t4-,5-/m1/s1. The first-order valence-corrected chi connectivity index (χ1v) is 3.77. The number of rotatable bonds is 3. The lowest BCUT2D eigenvalue weighted by molar-refractivity contribution is -0.140. The highest BCUT2D eigenvalue weighted by molar-refractivity contribution is 5.74. The van der Waals surface area contributed by atoms with Crippen LogP contribution in [-0.4, -0.2) is 34.7 Å². The maximum absolute atomic E-state index is 10.4. The van der Waals surface area contributed by atoms with Gasteiger partial charge in [-0.15, -0.1) is 0 Å². The number of carbonyl (C=O) groups is 2. The molecule has 12 heavy (non-hydrogen) atoms. The van der Waals surface area contributed by atoms with E-state index in [-0.39, 0.29) is 12.3 Å². The van der Waals surface area contributed by atoms with Crippen LogP contribution < -0.4 is 5.32 Å². The smallest absolute Gasteiger partial charge is 0.320 e. The predicted molar refractivity (Wildman–Crippen MR) is 39.8 cm³/mol. The molecule has 5 nitrogen and oxygen atoms in total. The maximum Gasteiger partial charge on any atom is 0.320 e. The average Bonchev–Trinajstić information content (AvgIpc) is 2.34. The SMILES string of the molecule is O=C(O)C[C@@H]1CN[C@@H](C(=O)O)C1. The van der Waals surface area contributed by atoms with Crippen LogP contribution in [0.3, 0.4) is 0 Å². The quantitative estimate of drug-likeness (QED) is 0.536. The molecular formula is C7H11NO4. The van der Waals surface area contributed by atoms with Crippen LogP contribution in [0.25, 0.3) is 0 Å². The lowest BCUT2D eigenvalue weighted by Crippen LogP contribution is -2.29. The van der Waals surface area contributed by atoms with Crippen molar-refractivity contribution in [3.63, 3.8) is 0 Å². The van der Waals surface area contributed by atoms with Crippen molar-refractivity contribution >= 4 is 11.9 Å². The van der Waals surface area contributed by atoms with Crippen molar-refractivity contribution in [1.82, 2.24) is 5.32 Å². The van der Waals surface area contributed by atoms with Crippen LogP contribution in [-0.2, 0) is 9.59 Å². The molecule has 1 fully saturated rings. The average molecular weight is 173 g/mol. The molecule has 0 bridgehead atoms. The van der Waals surface area contributed by atoms with Gasteiger partial charge in [0.1, 0.15) is 6.04 Å². The van der Waals surface area contributed by atoms with E-state index in [0.29, 0.717) is 13.0 Å². The Morgan fingerprint density at radius 3 is 2.50 bits per heavy atom. The zero-order valence-electron chi connectivity index (χ0n) is 6.49. The summed E-state index contributed by atoms with van der Waals surface area (Å²) < 4.78 is 0. The summed E-state index contributed by atoms with van der Waals surface area (Å²) in [6.07, 6.45) is 0.471. The van der Waals surface area contributed by atoms with Gasteiger partial charge in [-0.1, -0.05) is 0 Å². The molecule has 1 heterocycles. The Morgan fingerprint density at radius 2 is 2.08 bits per heavy atom. The molecule has 0 amide bonds. The minimum atomic E-state index is -0.900. The number of nitrogens with one attached hydrogen (secondary N) is 1. The molecule has 0 aromatic heterocycles. The molecule has 1 aliphatic heterocycles. The maximum atomic E-state index is 10.4. The van der Waals surface area contributed by atoms with E-state index in [4.69, 9.17) is 10.2 Å². The first kappa shape index (κ1) is 8.99. The van der Waals surface area contributed by atoms with Crippen LogP contribution in [0, 0.1) is 5.92 Å². The van der Waals surface area contributed by atoms with Gasteiger partial charge in [0.05, 0.1) is 0 Å². The molecule has 0 unspecified atom stereocenters. The van der Waals surface area contributed by atoms with Gasteiger partial charge in [-0.25, -0.2) is 0 Å². The number of carboxylic acids is 2. The van der Waals surface area contributed by atoms with Gasteiger partial charge >= 0.3 is 11.9 Å². The molecule has 2 atom stereocenters. The Hall–Kier alpha value is -1.10. The molecule has 0 spiro atoms. The molecule has 0 aliphatic carbocycles. The van der Waals surface area contributed by atoms with Gasteiger partial charge in [-0.05, 0) is 18.9 Å². The van der Waals surface area contributed by atoms with Crippen LogP contribution >= 0.6 is 0 Å². The van der Waals surface area contributed by atoms with E-state index >= 15 is 0 Å². The molecule has 0 aromatic carbocycles. The van der Waals surface area contributed by atoms with Crippen LogP contribution in [0.4, 0.5) is 0 Å². The van der Waals surface area contributed by atoms with Gasteiger partial charge in [0.25, 0.3) is 0 Å². The summed E-state index contributed by atoms with van der Waals surface area (Å²) in [5, 5.41) is 19.7. The van der Waals surface area contributed by atoms with Gasteiger partial charge < -0.3 is 15.5 Å². The molecule has 0 saturated carbocycles. The molecule has 0 aromatic rings. The Bertz CT molecular complexity index is 204. The van der Waals surface area contributed by atoms with E-state index < -0.39 is 18.0 Å². The third kappa shape index (κ3) is 2.20. The molecule has 1 aliphatic rings. The second-order valence-electron chi connectivity index (χ2n) is 3.00. The normalized spacial score (nSPS) is 28.7. The lowest BCUT2D eigenvalue weighted by atomic mass is 10.0. The van der Waals surface area contributed by atoms with E-state index in [1.165, 1.54) is 0 Å². The van der Waals surface area contributed by atoms with E-state index in [2.05, 4.69) is 5.32 Å². The van der Waals surface area contributed by atoms with Crippen LogP contribution in [0.2, 0.25) is 0 Å². The monoisotopic (exact) mass is 173 g/mol. The van der Waals surface area contributed by atoms with Gasteiger partial charge in [0, 0.05) is 6.42 Å². The highest BCUT2D eigenvalue weighted by atomic mass is 16.4. The highest BCUT2D eigenvalue weighted by Gasteiger charge is 2.30. The molecular weight excluding hydrogens is 162 g/mol. The summed E-state index contributed by atoms with van der Waals surface area (Å²) in [5.74, 6) is -1.81. The first-order valence-electron chi connectivity index (χ1n) is 3.77. The Balaban J connectivity index is 2.35. The third-order valence-corrected chi connectivity index (χ3v) is 1.98. The lowest BCUT2D eigenvalue weighted by Gasteiger charge is -2.02. The largest absolute Gasteiger partial charge is 0.481 e. The Labute approximate surface area is 69.4 Å². The fourth-order valence-electron chi connectivity index (χ4n) is 1.40. The zero-order chi connectivity index (χ0) is 9.14. The zero-order valence-corrected chi connectivity index (χ0v) is 6.49. The fraction of sp³-hybridized carbons (Fsp3) is 0.714. The molecule has 5 heteroatoms. The third-order valence-electron chi connectivity index (χ3n) is 1.98. The fourth-order valence-corrected chi connectivity index (χ4v) is 1.40. The summed E-state index contributed by atoms with van der Waals surface area (Å²) in [4.78, 5) is 20.7.